The van der Waals surface area contributed by atoms with E-state index in [4.69, 9.17) is 4.74 Å². The number of rotatable bonds is 1. The summed E-state index contributed by atoms with van der Waals surface area (Å²) in [6.45, 7) is 6.93. The second-order valence-corrected chi connectivity index (χ2v) is 5.67. The molecule has 0 saturated carbocycles. The lowest BCUT2D eigenvalue weighted by Crippen LogP contribution is -2.64. The van der Waals surface area contributed by atoms with Crippen LogP contribution in [0.1, 0.15) is 40.5 Å². The van der Waals surface area contributed by atoms with E-state index in [2.05, 4.69) is 0 Å². The molecule has 3 atom stereocenters. The number of hydrogen-bond acceptors (Lipinski definition) is 2. The van der Waals surface area contributed by atoms with Crippen LogP contribution in [0.2, 0.25) is 0 Å². The van der Waals surface area contributed by atoms with Gasteiger partial charge in [-0.05, 0) is 27.2 Å². The Morgan fingerprint density at radius 3 is 2.39 bits per heavy atom. The molecule has 0 unspecified atom stereocenters. The molecule has 2 aliphatic rings. The van der Waals surface area contributed by atoms with Crippen LogP contribution in [0, 0.1) is 0 Å². The van der Waals surface area contributed by atoms with Gasteiger partial charge in [0.25, 0.3) is 0 Å². The SMILES string of the molecule is CC[C@]12C[C@H]([C@H](C)O1)N(C(=O)C(F)(F)F)C2(C)C. The fourth-order valence-electron chi connectivity index (χ4n) is 3.52. The Kier molecular flexibility index (Phi) is 2.74. The van der Waals surface area contributed by atoms with Crippen LogP contribution in [0.15, 0.2) is 0 Å². The normalized spacial score (nSPS) is 38.3. The molecule has 0 N–H and O–H groups in total. The molecule has 2 fully saturated rings. The van der Waals surface area contributed by atoms with E-state index in [0.717, 1.165) is 4.90 Å². The number of carbonyl (C=O) groups is 1. The third-order valence-electron chi connectivity index (χ3n) is 4.57. The summed E-state index contributed by atoms with van der Waals surface area (Å²) >= 11 is 0. The molecule has 0 aliphatic carbocycles. The lowest BCUT2D eigenvalue weighted by atomic mass is 9.81. The molecule has 1 amide bonds. The minimum absolute atomic E-state index is 0.343. The first-order valence-electron chi connectivity index (χ1n) is 6.15. The van der Waals surface area contributed by atoms with Gasteiger partial charge in [0.1, 0.15) is 0 Å². The van der Waals surface area contributed by atoms with Gasteiger partial charge in [-0.15, -0.1) is 0 Å². The molecule has 6 heteroatoms. The summed E-state index contributed by atoms with van der Waals surface area (Å²) in [5.41, 5.74) is -1.58. The first-order chi connectivity index (χ1) is 8.07. The molecule has 2 bridgehead atoms. The van der Waals surface area contributed by atoms with Crippen molar-refractivity contribution in [1.82, 2.24) is 4.90 Å². The van der Waals surface area contributed by atoms with E-state index < -0.39 is 29.3 Å². The average molecular weight is 265 g/mol. The maximum Gasteiger partial charge on any atom is 0.471 e. The van der Waals surface area contributed by atoms with Gasteiger partial charge in [0.2, 0.25) is 0 Å². The van der Waals surface area contributed by atoms with Gasteiger partial charge < -0.3 is 9.64 Å². The van der Waals surface area contributed by atoms with Crippen molar-refractivity contribution >= 4 is 5.91 Å². The predicted octanol–water partition coefficient (Wildman–Crippen LogP) is 2.50. The molecule has 0 aromatic heterocycles. The minimum atomic E-state index is -4.82. The van der Waals surface area contributed by atoms with E-state index in [9.17, 15) is 18.0 Å². The zero-order valence-electron chi connectivity index (χ0n) is 11.0. The molecule has 104 valence electrons. The standard InChI is InChI=1S/C12H18F3NO2/c1-5-11-6-8(7(2)18-11)16(10(11,3)4)9(17)12(13,14)15/h7-8H,5-6H2,1-4H3/t7-,8+,11+/m0/s1. The Bertz CT molecular complexity index is 380. The molecule has 2 aliphatic heterocycles. The Morgan fingerprint density at radius 2 is 2.00 bits per heavy atom. The number of alkyl halides is 3. The Hall–Kier alpha value is -0.780. The fraction of sp³-hybridized carbons (Fsp3) is 0.917. The highest BCUT2D eigenvalue weighted by molar-refractivity contribution is 5.83. The summed E-state index contributed by atoms with van der Waals surface area (Å²) in [7, 11) is 0. The summed E-state index contributed by atoms with van der Waals surface area (Å²) in [5.74, 6) is -1.75. The van der Waals surface area contributed by atoms with E-state index in [1.807, 2.05) is 6.92 Å². The van der Waals surface area contributed by atoms with Crippen molar-refractivity contribution < 1.29 is 22.7 Å². The Morgan fingerprint density at radius 1 is 1.44 bits per heavy atom. The van der Waals surface area contributed by atoms with Crippen molar-refractivity contribution in [3.05, 3.63) is 0 Å². The topological polar surface area (TPSA) is 29.5 Å². The van der Waals surface area contributed by atoms with Crippen LogP contribution < -0.4 is 0 Å². The van der Waals surface area contributed by atoms with Crippen LogP contribution in [0.4, 0.5) is 13.2 Å². The highest BCUT2D eigenvalue weighted by Gasteiger charge is 2.68. The Balaban J connectivity index is 2.41. The zero-order valence-corrected chi connectivity index (χ0v) is 11.0. The number of nitrogens with zero attached hydrogens (tertiary/aromatic N) is 1. The minimum Gasteiger partial charge on any atom is -0.367 e. The number of carbonyl (C=O) groups excluding carboxylic acids is 1. The number of likely N-dealkylation sites (tertiary alicyclic amines) is 1. The van der Waals surface area contributed by atoms with Crippen LogP contribution in [-0.2, 0) is 9.53 Å². The summed E-state index contributed by atoms with van der Waals surface area (Å²) in [6, 6.07) is -0.478. The zero-order chi connectivity index (χ0) is 13.9. The van der Waals surface area contributed by atoms with Crippen LogP contribution in [0.3, 0.4) is 0 Å². The summed E-state index contributed by atoms with van der Waals surface area (Å²) in [6.07, 6.45) is -4.08. The summed E-state index contributed by atoms with van der Waals surface area (Å²) < 4.78 is 43.9. The quantitative estimate of drug-likeness (QED) is 0.729. The van der Waals surface area contributed by atoms with Gasteiger partial charge in [-0.2, -0.15) is 13.2 Å². The van der Waals surface area contributed by atoms with Crippen LogP contribution >= 0.6 is 0 Å². The van der Waals surface area contributed by atoms with Gasteiger partial charge in [-0.1, -0.05) is 6.92 Å². The van der Waals surface area contributed by atoms with Gasteiger partial charge in [0.15, 0.2) is 0 Å². The number of morpholine rings is 1. The van der Waals surface area contributed by atoms with Gasteiger partial charge >= 0.3 is 12.1 Å². The third-order valence-corrected chi connectivity index (χ3v) is 4.57. The van der Waals surface area contributed by atoms with E-state index in [-0.39, 0.29) is 6.10 Å². The smallest absolute Gasteiger partial charge is 0.367 e. The molecular formula is C12H18F3NO2. The van der Waals surface area contributed by atoms with E-state index in [1.54, 1.807) is 20.8 Å². The molecular weight excluding hydrogens is 247 g/mol. The molecule has 2 rings (SSSR count). The summed E-state index contributed by atoms with van der Waals surface area (Å²) in [5, 5.41) is 0. The van der Waals surface area contributed by atoms with Gasteiger partial charge in [-0.3, -0.25) is 4.79 Å². The number of ether oxygens (including phenoxy) is 1. The molecule has 0 spiro atoms. The van der Waals surface area contributed by atoms with Crippen molar-refractivity contribution in [3.8, 4) is 0 Å². The van der Waals surface area contributed by atoms with E-state index >= 15 is 0 Å². The molecule has 0 radical (unpaired) electrons. The first kappa shape index (κ1) is 13.6. The highest BCUT2D eigenvalue weighted by Crippen LogP contribution is 2.54. The molecule has 2 heterocycles. The van der Waals surface area contributed by atoms with Crippen molar-refractivity contribution in [1.29, 1.82) is 0 Å². The second-order valence-electron chi connectivity index (χ2n) is 5.67. The van der Waals surface area contributed by atoms with E-state index in [1.165, 1.54) is 0 Å². The molecule has 2 saturated heterocycles. The van der Waals surface area contributed by atoms with Crippen molar-refractivity contribution in [2.45, 2.75) is 70.0 Å². The fourth-order valence-corrected chi connectivity index (χ4v) is 3.52. The average Bonchev–Trinajstić information content (AvgIpc) is 2.65. The lowest BCUT2D eigenvalue weighted by Gasteiger charge is -2.49. The second kappa shape index (κ2) is 3.62. The maximum atomic E-state index is 12.7. The van der Waals surface area contributed by atoms with Crippen LogP contribution in [0.25, 0.3) is 0 Å². The van der Waals surface area contributed by atoms with Crippen LogP contribution in [0.5, 0.6) is 0 Å². The van der Waals surface area contributed by atoms with Gasteiger partial charge in [-0.25, -0.2) is 0 Å². The van der Waals surface area contributed by atoms with Crippen molar-refractivity contribution in [2.24, 2.45) is 0 Å². The molecule has 0 aromatic carbocycles. The molecule has 3 nitrogen and oxygen atoms in total. The lowest BCUT2D eigenvalue weighted by molar-refractivity contribution is -0.213. The molecule has 18 heavy (non-hydrogen) atoms. The van der Waals surface area contributed by atoms with Gasteiger partial charge in [0, 0.05) is 6.42 Å². The predicted molar refractivity (Wildman–Crippen MR) is 59.0 cm³/mol. The number of fused-ring (bicyclic) bond motifs is 2. The summed E-state index contributed by atoms with van der Waals surface area (Å²) in [4.78, 5) is 12.6. The van der Waals surface area contributed by atoms with Gasteiger partial charge in [0.05, 0.1) is 23.3 Å². The van der Waals surface area contributed by atoms with E-state index in [0.29, 0.717) is 12.8 Å². The third kappa shape index (κ3) is 1.51. The maximum absolute atomic E-state index is 12.7. The number of amides is 1. The van der Waals surface area contributed by atoms with Crippen molar-refractivity contribution in [2.75, 3.05) is 0 Å². The highest BCUT2D eigenvalue weighted by atomic mass is 19.4. The first-order valence-corrected chi connectivity index (χ1v) is 6.15. The van der Waals surface area contributed by atoms with Crippen LogP contribution in [-0.4, -0.2) is 40.3 Å². The van der Waals surface area contributed by atoms with Crippen molar-refractivity contribution in [3.63, 3.8) is 0 Å². The Labute approximate surface area is 104 Å². The number of halogens is 3. The molecule has 0 aromatic rings. The number of hydrogen-bond donors (Lipinski definition) is 0. The largest absolute Gasteiger partial charge is 0.471 e. The monoisotopic (exact) mass is 265 g/mol.